The monoisotopic (exact) mass is 372 g/mol. The van der Waals surface area contributed by atoms with Crippen LogP contribution in [0, 0.1) is 0 Å². The van der Waals surface area contributed by atoms with Gasteiger partial charge in [0.2, 0.25) is 0 Å². The Morgan fingerprint density at radius 2 is 1.21 bits per heavy atom. The molecule has 2 aliphatic heterocycles. The van der Waals surface area contributed by atoms with Gasteiger partial charge in [0.1, 0.15) is 23.0 Å². The second-order valence-electron chi connectivity index (χ2n) is 8.06. The summed E-state index contributed by atoms with van der Waals surface area (Å²) >= 11 is 0. The molecule has 0 saturated heterocycles. The van der Waals surface area contributed by atoms with Gasteiger partial charge >= 0.3 is 0 Å². The number of benzene rings is 4. The predicted octanol–water partition coefficient (Wildman–Crippen LogP) is 4.86. The molecule has 0 spiro atoms. The molecule has 4 aromatic rings. The molecule has 0 aromatic heterocycles. The molecule has 3 heteroatoms. The molecule has 0 N–H and O–H groups in total. The summed E-state index contributed by atoms with van der Waals surface area (Å²) in [4.78, 5) is 0. The van der Waals surface area contributed by atoms with Crippen molar-refractivity contribution in [2.24, 2.45) is 0 Å². The standard InChI is InChI=1S/C26H17BO2/c1-3-8-18-14-24-20(12-16(18)6-1)27-21-13-17-7-2-4-9-19(17)15-25(21)29-23-11-5-10-22(28-24)26(23)27/h1-4,6-10,12-15H,5,11H2. The van der Waals surface area contributed by atoms with Gasteiger partial charge in [-0.25, -0.2) is 0 Å². The Labute approximate surface area is 169 Å². The van der Waals surface area contributed by atoms with E-state index >= 15 is 0 Å². The van der Waals surface area contributed by atoms with Gasteiger partial charge in [-0.1, -0.05) is 60.7 Å². The van der Waals surface area contributed by atoms with Crippen LogP contribution in [0.1, 0.15) is 12.8 Å². The highest BCUT2D eigenvalue weighted by molar-refractivity contribution is 6.93. The second-order valence-corrected chi connectivity index (χ2v) is 8.06. The van der Waals surface area contributed by atoms with E-state index in [1.165, 1.54) is 37.9 Å². The van der Waals surface area contributed by atoms with Crippen LogP contribution in [0.4, 0.5) is 0 Å². The van der Waals surface area contributed by atoms with Crippen molar-refractivity contribution in [1.82, 2.24) is 0 Å². The largest absolute Gasteiger partial charge is 0.463 e. The topological polar surface area (TPSA) is 18.5 Å². The zero-order valence-corrected chi connectivity index (χ0v) is 15.8. The van der Waals surface area contributed by atoms with Crippen LogP contribution in [0.2, 0.25) is 0 Å². The lowest BCUT2D eigenvalue weighted by Crippen LogP contribution is -2.52. The van der Waals surface area contributed by atoms with Gasteiger partial charge in [-0.3, -0.25) is 0 Å². The van der Waals surface area contributed by atoms with Crippen molar-refractivity contribution in [3.63, 3.8) is 0 Å². The maximum Gasteiger partial charge on any atom is 0.260 e. The molecule has 0 unspecified atom stereocenters. The van der Waals surface area contributed by atoms with Gasteiger partial charge in [-0.05, 0) is 57.1 Å². The molecule has 1 aliphatic carbocycles. The number of hydrogen-bond acceptors (Lipinski definition) is 2. The maximum absolute atomic E-state index is 6.44. The Bertz CT molecular complexity index is 1410. The Kier molecular flexibility index (Phi) is 2.96. The molecule has 0 fully saturated rings. The van der Waals surface area contributed by atoms with Gasteiger partial charge in [0.25, 0.3) is 6.71 Å². The summed E-state index contributed by atoms with van der Waals surface area (Å²) in [5.74, 6) is 3.98. The molecular weight excluding hydrogens is 355 g/mol. The number of rotatable bonds is 0. The molecule has 7 rings (SSSR count). The summed E-state index contributed by atoms with van der Waals surface area (Å²) in [5.41, 5.74) is 3.67. The van der Waals surface area contributed by atoms with Crippen LogP contribution in [0.5, 0.6) is 11.5 Å². The smallest absolute Gasteiger partial charge is 0.260 e. The molecule has 29 heavy (non-hydrogen) atoms. The molecule has 3 aliphatic rings. The fourth-order valence-corrected chi connectivity index (χ4v) is 5.05. The van der Waals surface area contributed by atoms with Crippen molar-refractivity contribution in [2.75, 3.05) is 0 Å². The van der Waals surface area contributed by atoms with Crippen LogP contribution < -0.4 is 20.4 Å². The average molecular weight is 372 g/mol. The quantitative estimate of drug-likeness (QED) is 0.411. The van der Waals surface area contributed by atoms with E-state index in [9.17, 15) is 0 Å². The highest BCUT2D eigenvalue weighted by atomic mass is 16.5. The van der Waals surface area contributed by atoms with E-state index in [1.807, 2.05) is 0 Å². The number of hydrogen-bond donors (Lipinski definition) is 0. The van der Waals surface area contributed by atoms with Gasteiger partial charge < -0.3 is 9.47 Å². The Hall–Kier alpha value is -3.46. The van der Waals surface area contributed by atoms with E-state index in [0.29, 0.717) is 0 Å². The maximum atomic E-state index is 6.44. The van der Waals surface area contributed by atoms with Crippen molar-refractivity contribution >= 4 is 39.2 Å². The Balaban J connectivity index is 1.57. The van der Waals surface area contributed by atoms with Gasteiger partial charge in [0.05, 0.1) is 0 Å². The highest BCUT2D eigenvalue weighted by Gasteiger charge is 2.43. The fourth-order valence-electron chi connectivity index (χ4n) is 5.05. The highest BCUT2D eigenvalue weighted by Crippen LogP contribution is 2.40. The SMILES string of the molecule is C1=C2Oc3cc4ccccc4cc3B3C2=C(CC1)Oc1cc2ccccc2cc13. The summed E-state index contributed by atoms with van der Waals surface area (Å²) in [7, 11) is 0. The first kappa shape index (κ1) is 15.5. The van der Waals surface area contributed by atoms with Gasteiger partial charge in [-0.2, -0.15) is 0 Å². The number of ether oxygens (including phenoxy) is 2. The van der Waals surface area contributed by atoms with E-state index in [4.69, 9.17) is 9.47 Å². The number of fused-ring (bicyclic) bond motifs is 6. The molecular formula is C26H17BO2. The molecule has 4 aromatic carbocycles. The Morgan fingerprint density at radius 3 is 1.83 bits per heavy atom. The Morgan fingerprint density at radius 1 is 0.655 bits per heavy atom. The van der Waals surface area contributed by atoms with Crippen molar-refractivity contribution in [3.8, 4) is 11.5 Å². The molecule has 136 valence electrons. The molecule has 0 amide bonds. The molecule has 2 heterocycles. The van der Waals surface area contributed by atoms with E-state index < -0.39 is 0 Å². The molecule has 0 saturated carbocycles. The van der Waals surface area contributed by atoms with Crippen LogP contribution in [0.15, 0.2) is 95.9 Å². The van der Waals surface area contributed by atoms with E-state index in [2.05, 4.69) is 78.9 Å². The predicted molar refractivity (Wildman–Crippen MR) is 119 cm³/mol. The third-order valence-corrected chi connectivity index (χ3v) is 6.39. The third-order valence-electron chi connectivity index (χ3n) is 6.39. The van der Waals surface area contributed by atoms with Gasteiger partial charge in [-0.15, -0.1) is 0 Å². The summed E-state index contributed by atoms with van der Waals surface area (Å²) in [5, 5.41) is 4.91. The minimum absolute atomic E-state index is 0.151. The fraction of sp³-hybridized carbons (Fsp3) is 0.0769. The van der Waals surface area contributed by atoms with Crippen LogP contribution in [0.25, 0.3) is 21.5 Å². The van der Waals surface area contributed by atoms with Gasteiger partial charge in [0, 0.05) is 11.9 Å². The molecule has 0 atom stereocenters. The molecule has 0 bridgehead atoms. The third kappa shape index (κ3) is 2.13. The lowest BCUT2D eigenvalue weighted by atomic mass is 9.33. The van der Waals surface area contributed by atoms with Crippen LogP contribution in [0.3, 0.4) is 0 Å². The van der Waals surface area contributed by atoms with Crippen molar-refractivity contribution in [2.45, 2.75) is 12.8 Å². The summed E-state index contributed by atoms with van der Waals surface area (Å²) in [6, 6.07) is 26.0. The zero-order valence-electron chi connectivity index (χ0n) is 15.8. The summed E-state index contributed by atoms with van der Waals surface area (Å²) < 4.78 is 12.8. The van der Waals surface area contributed by atoms with Crippen molar-refractivity contribution < 1.29 is 9.47 Å². The lowest BCUT2D eigenvalue weighted by molar-refractivity contribution is 0.373. The minimum Gasteiger partial charge on any atom is -0.463 e. The summed E-state index contributed by atoms with van der Waals surface area (Å²) in [6.45, 7) is 0.151. The molecule has 0 radical (unpaired) electrons. The van der Waals surface area contributed by atoms with Crippen molar-refractivity contribution in [3.05, 3.63) is 95.9 Å². The first-order valence-electron chi connectivity index (χ1n) is 10.2. The molecule has 2 nitrogen and oxygen atoms in total. The average Bonchev–Trinajstić information content (AvgIpc) is 2.76. The van der Waals surface area contributed by atoms with E-state index in [-0.39, 0.29) is 6.71 Å². The summed E-state index contributed by atoms with van der Waals surface area (Å²) in [6.07, 6.45) is 4.10. The van der Waals surface area contributed by atoms with Crippen LogP contribution >= 0.6 is 0 Å². The second kappa shape index (κ2) is 5.54. The van der Waals surface area contributed by atoms with E-state index in [0.717, 1.165) is 35.9 Å². The van der Waals surface area contributed by atoms with Gasteiger partial charge in [0.15, 0.2) is 0 Å². The normalized spacial score (nSPS) is 16.6. The van der Waals surface area contributed by atoms with E-state index in [1.54, 1.807) is 0 Å². The minimum atomic E-state index is 0.151. The van der Waals surface area contributed by atoms with Crippen molar-refractivity contribution in [1.29, 1.82) is 0 Å². The first-order chi connectivity index (χ1) is 14.3. The number of allylic oxidation sites excluding steroid dienone is 3. The lowest BCUT2D eigenvalue weighted by Gasteiger charge is -2.37. The first-order valence-corrected chi connectivity index (χ1v) is 10.2. The zero-order chi connectivity index (χ0) is 18.9. The van der Waals surface area contributed by atoms with Crippen LogP contribution in [-0.2, 0) is 0 Å². The van der Waals surface area contributed by atoms with Crippen LogP contribution in [-0.4, -0.2) is 6.71 Å².